The van der Waals surface area contributed by atoms with Crippen LogP contribution in [0.2, 0.25) is 0 Å². The molecule has 84 valence electrons. The Balaban J connectivity index is 4.63. The Morgan fingerprint density at radius 1 is 1.29 bits per heavy atom. The van der Waals surface area contributed by atoms with E-state index in [2.05, 4.69) is 0 Å². The molecule has 0 aromatic heterocycles. The Morgan fingerprint density at radius 3 is 2.00 bits per heavy atom. The molecule has 0 heterocycles. The fourth-order valence-corrected chi connectivity index (χ4v) is 2.39. The summed E-state index contributed by atoms with van der Waals surface area (Å²) < 4.78 is 23.2. The maximum absolute atomic E-state index is 11.6. The van der Waals surface area contributed by atoms with Crippen molar-refractivity contribution in [2.24, 2.45) is 5.41 Å². The van der Waals surface area contributed by atoms with Gasteiger partial charge >= 0.3 is 0 Å². The largest absolute Gasteiger partial charge is 0.298 e. The topological polar surface area (TPSA) is 51.2 Å². The molecule has 0 aliphatic rings. The number of hydrogen-bond donors (Lipinski definition) is 0. The molecule has 0 aliphatic heterocycles. The number of carbonyl (C=O) groups is 1. The van der Waals surface area contributed by atoms with E-state index in [4.69, 9.17) is 0 Å². The van der Waals surface area contributed by atoms with Crippen molar-refractivity contribution in [3.63, 3.8) is 0 Å². The molecule has 0 amide bonds. The second kappa shape index (κ2) is 4.43. The number of rotatable bonds is 4. The van der Waals surface area contributed by atoms with Crippen LogP contribution in [0.3, 0.4) is 0 Å². The SMILES string of the molecule is CCC(C)S(=O)(=O)CC(=O)C(C)(C)C. The fourth-order valence-electron chi connectivity index (χ4n) is 0.795. The van der Waals surface area contributed by atoms with Crippen molar-refractivity contribution in [3.05, 3.63) is 0 Å². The summed E-state index contributed by atoms with van der Waals surface area (Å²) in [4.78, 5) is 11.5. The van der Waals surface area contributed by atoms with Gasteiger partial charge in [-0.2, -0.15) is 0 Å². The third kappa shape index (κ3) is 3.78. The van der Waals surface area contributed by atoms with Gasteiger partial charge in [-0.3, -0.25) is 4.79 Å². The van der Waals surface area contributed by atoms with Gasteiger partial charge in [-0.1, -0.05) is 27.7 Å². The van der Waals surface area contributed by atoms with Gasteiger partial charge in [0.05, 0.1) is 5.25 Å². The summed E-state index contributed by atoms with van der Waals surface area (Å²) >= 11 is 0. The summed E-state index contributed by atoms with van der Waals surface area (Å²) in [5, 5.41) is -0.422. The van der Waals surface area contributed by atoms with Crippen LogP contribution in [0.15, 0.2) is 0 Å². The van der Waals surface area contributed by atoms with Gasteiger partial charge in [0.1, 0.15) is 5.75 Å². The maximum atomic E-state index is 11.6. The van der Waals surface area contributed by atoms with E-state index in [0.29, 0.717) is 6.42 Å². The zero-order chi connectivity index (χ0) is 11.6. The summed E-state index contributed by atoms with van der Waals surface area (Å²) in [6, 6.07) is 0. The summed E-state index contributed by atoms with van der Waals surface area (Å²) in [7, 11) is -3.24. The van der Waals surface area contributed by atoms with E-state index in [0.717, 1.165) is 0 Å². The highest BCUT2D eigenvalue weighted by Crippen LogP contribution is 2.17. The van der Waals surface area contributed by atoms with E-state index in [9.17, 15) is 13.2 Å². The van der Waals surface area contributed by atoms with Crippen molar-refractivity contribution in [1.29, 1.82) is 0 Å². The smallest absolute Gasteiger partial charge is 0.159 e. The van der Waals surface area contributed by atoms with Gasteiger partial charge in [0.2, 0.25) is 0 Å². The maximum Gasteiger partial charge on any atom is 0.159 e. The molecule has 0 bridgehead atoms. The Labute approximate surface area is 86.8 Å². The molecule has 0 spiro atoms. The minimum Gasteiger partial charge on any atom is -0.298 e. The number of sulfone groups is 1. The van der Waals surface area contributed by atoms with Crippen molar-refractivity contribution in [1.82, 2.24) is 0 Å². The molecule has 0 aromatic carbocycles. The lowest BCUT2D eigenvalue weighted by atomic mass is 9.92. The van der Waals surface area contributed by atoms with E-state index in [1.165, 1.54) is 0 Å². The van der Waals surface area contributed by atoms with Crippen LogP contribution < -0.4 is 0 Å². The summed E-state index contributed by atoms with van der Waals surface area (Å²) in [6.07, 6.45) is 0.555. The first-order valence-electron chi connectivity index (χ1n) is 4.86. The first-order valence-corrected chi connectivity index (χ1v) is 6.57. The van der Waals surface area contributed by atoms with E-state index in [-0.39, 0.29) is 11.5 Å². The Hall–Kier alpha value is -0.380. The first-order chi connectivity index (χ1) is 6.11. The van der Waals surface area contributed by atoms with Crippen molar-refractivity contribution in [3.8, 4) is 0 Å². The molecule has 1 atom stereocenters. The van der Waals surface area contributed by atoms with Crippen LogP contribution in [-0.2, 0) is 14.6 Å². The van der Waals surface area contributed by atoms with Crippen LogP contribution in [0, 0.1) is 5.41 Å². The molecule has 0 radical (unpaired) electrons. The van der Waals surface area contributed by atoms with Gasteiger partial charge in [-0.25, -0.2) is 8.42 Å². The van der Waals surface area contributed by atoms with Gasteiger partial charge < -0.3 is 0 Å². The predicted octanol–water partition coefficient (Wildman–Crippen LogP) is 1.81. The van der Waals surface area contributed by atoms with Crippen LogP contribution in [0.25, 0.3) is 0 Å². The molecule has 0 saturated heterocycles. The molecule has 0 saturated carbocycles. The lowest BCUT2D eigenvalue weighted by Crippen LogP contribution is -2.32. The normalized spacial score (nSPS) is 15.2. The van der Waals surface area contributed by atoms with E-state index < -0.39 is 20.5 Å². The van der Waals surface area contributed by atoms with E-state index in [1.807, 2.05) is 6.92 Å². The molecule has 0 aliphatic carbocycles. The molecular weight excluding hydrogens is 200 g/mol. The molecular formula is C10H20O3S. The van der Waals surface area contributed by atoms with Gasteiger partial charge in [0.25, 0.3) is 0 Å². The molecule has 0 N–H and O–H groups in total. The lowest BCUT2D eigenvalue weighted by Gasteiger charge is -2.18. The summed E-state index contributed by atoms with van der Waals surface area (Å²) in [5.74, 6) is -0.538. The zero-order valence-electron chi connectivity index (χ0n) is 9.62. The van der Waals surface area contributed by atoms with Crippen LogP contribution in [-0.4, -0.2) is 25.2 Å². The standard InChI is InChI=1S/C10H20O3S/c1-6-8(2)14(12,13)7-9(11)10(3,4)5/h8H,6-7H2,1-5H3. The highest BCUT2D eigenvalue weighted by atomic mass is 32.2. The van der Waals surface area contributed by atoms with E-state index in [1.54, 1.807) is 27.7 Å². The van der Waals surface area contributed by atoms with Crippen LogP contribution >= 0.6 is 0 Å². The number of carbonyl (C=O) groups excluding carboxylic acids is 1. The molecule has 14 heavy (non-hydrogen) atoms. The average molecular weight is 220 g/mol. The molecule has 0 fully saturated rings. The molecule has 0 rings (SSSR count). The number of hydrogen-bond acceptors (Lipinski definition) is 3. The predicted molar refractivity (Wildman–Crippen MR) is 58.0 cm³/mol. The van der Waals surface area contributed by atoms with Crippen LogP contribution in [0.4, 0.5) is 0 Å². The second-order valence-electron chi connectivity index (χ2n) is 4.70. The third-order valence-electron chi connectivity index (χ3n) is 2.36. The van der Waals surface area contributed by atoms with Gasteiger partial charge in [-0.15, -0.1) is 0 Å². The first kappa shape index (κ1) is 13.6. The third-order valence-corrected chi connectivity index (χ3v) is 4.58. The molecule has 4 heteroatoms. The average Bonchev–Trinajstić information content (AvgIpc) is 2.00. The molecule has 1 unspecified atom stereocenters. The molecule has 0 aromatic rings. The van der Waals surface area contributed by atoms with Gasteiger partial charge in [0, 0.05) is 5.41 Å². The van der Waals surface area contributed by atoms with Gasteiger partial charge in [0.15, 0.2) is 15.6 Å². The fraction of sp³-hybridized carbons (Fsp3) is 0.900. The summed E-state index contributed by atoms with van der Waals surface area (Å²) in [6.45, 7) is 8.67. The van der Waals surface area contributed by atoms with E-state index >= 15 is 0 Å². The lowest BCUT2D eigenvalue weighted by molar-refractivity contribution is -0.123. The summed E-state index contributed by atoms with van der Waals surface area (Å²) in [5.41, 5.74) is -0.569. The van der Waals surface area contributed by atoms with Crippen molar-refractivity contribution < 1.29 is 13.2 Å². The monoisotopic (exact) mass is 220 g/mol. The highest BCUT2D eigenvalue weighted by molar-refractivity contribution is 7.92. The highest BCUT2D eigenvalue weighted by Gasteiger charge is 2.29. The Kier molecular flexibility index (Phi) is 4.31. The Morgan fingerprint density at radius 2 is 1.71 bits per heavy atom. The number of ketones is 1. The second-order valence-corrected chi connectivity index (χ2v) is 7.12. The van der Waals surface area contributed by atoms with Gasteiger partial charge in [-0.05, 0) is 13.3 Å². The quantitative estimate of drug-likeness (QED) is 0.726. The minimum absolute atomic E-state index is 0.210. The van der Waals surface area contributed by atoms with Crippen molar-refractivity contribution in [2.75, 3.05) is 5.75 Å². The minimum atomic E-state index is -3.24. The number of Topliss-reactive ketones (excluding diaryl/α,β-unsaturated/α-hetero) is 1. The van der Waals surface area contributed by atoms with Crippen molar-refractivity contribution in [2.45, 2.75) is 46.3 Å². The van der Waals surface area contributed by atoms with Crippen molar-refractivity contribution >= 4 is 15.6 Å². The zero-order valence-corrected chi connectivity index (χ0v) is 10.4. The molecule has 3 nitrogen and oxygen atoms in total. The van der Waals surface area contributed by atoms with Crippen LogP contribution in [0.1, 0.15) is 41.0 Å². The Bertz CT molecular complexity index is 296. The van der Waals surface area contributed by atoms with Crippen LogP contribution in [0.5, 0.6) is 0 Å².